The molecule has 1 saturated heterocycles. The number of alkyl halides is 1. The van der Waals surface area contributed by atoms with Crippen molar-refractivity contribution < 1.29 is 9.53 Å². The highest BCUT2D eigenvalue weighted by Gasteiger charge is 2.23. The Morgan fingerprint density at radius 2 is 1.90 bits per heavy atom. The first-order valence-electron chi connectivity index (χ1n) is 7.36. The highest BCUT2D eigenvalue weighted by molar-refractivity contribution is 6.17. The minimum atomic E-state index is 0.107. The molecule has 0 aliphatic carbocycles. The first-order valence-corrected chi connectivity index (χ1v) is 7.89. The Kier molecular flexibility index (Phi) is 5.88. The van der Waals surface area contributed by atoms with Crippen LogP contribution in [0.5, 0.6) is 0 Å². The normalized spacial score (nSPS) is 16.0. The van der Waals surface area contributed by atoms with Crippen molar-refractivity contribution in [1.29, 1.82) is 0 Å². The zero-order valence-electron chi connectivity index (χ0n) is 12.7. The molecule has 2 rings (SSSR count). The molecule has 1 aliphatic heterocycles. The van der Waals surface area contributed by atoms with Crippen molar-refractivity contribution in [2.45, 2.75) is 18.9 Å². The van der Waals surface area contributed by atoms with Crippen LogP contribution in [0.15, 0.2) is 24.3 Å². The summed E-state index contributed by atoms with van der Waals surface area (Å²) in [6.45, 7) is 2.09. The SMILES string of the molecule is CN(C)c1ccc(C(=O)N2CCC(OCCCl)CC2)cc1. The number of carbonyl (C=O) groups excluding carboxylic acids is 1. The molecule has 1 fully saturated rings. The molecule has 1 aromatic rings. The lowest BCUT2D eigenvalue weighted by atomic mass is 10.1. The van der Waals surface area contributed by atoms with E-state index in [1.165, 1.54) is 0 Å². The third-order valence-corrected chi connectivity index (χ3v) is 3.94. The lowest BCUT2D eigenvalue weighted by Crippen LogP contribution is -2.41. The fourth-order valence-electron chi connectivity index (χ4n) is 2.52. The van der Waals surface area contributed by atoms with Gasteiger partial charge in [-0.2, -0.15) is 0 Å². The molecule has 0 atom stereocenters. The Hall–Kier alpha value is -1.26. The maximum atomic E-state index is 12.5. The van der Waals surface area contributed by atoms with Crippen molar-refractivity contribution in [3.63, 3.8) is 0 Å². The number of ether oxygens (including phenoxy) is 1. The Balaban J connectivity index is 1.89. The topological polar surface area (TPSA) is 32.8 Å². The Morgan fingerprint density at radius 1 is 1.29 bits per heavy atom. The van der Waals surface area contributed by atoms with Gasteiger partial charge in [0.2, 0.25) is 0 Å². The molecule has 1 heterocycles. The van der Waals surface area contributed by atoms with Gasteiger partial charge in [0.05, 0.1) is 12.7 Å². The Bertz CT molecular complexity index is 454. The molecule has 0 aromatic heterocycles. The van der Waals surface area contributed by atoms with Gasteiger partial charge in [0, 0.05) is 44.3 Å². The Morgan fingerprint density at radius 3 is 2.43 bits per heavy atom. The summed E-state index contributed by atoms with van der Waals surface area (Å²) in [6, 6.07) is 7.74. The van der Waals surface area contributed by atoms with Crippen molar-refractivity contribution in [3.05, 3.63) is 29.8 Å². The highest BCUT2D eigenvalue weighted by Crippen LogP contribution is 2.18. The van der Waals surface area contributed by atoms with Crippen LogP contribution in [0.2, 0.25) is 0 Å². The van der Waals surface area contributed by atoms with Crippen LogP contribution in [-0.2, 0) is 4.74 Å². The predicted octanol–water partition coefficient (Wildman–Crippen LogP) is 2.61. The third kappa shape index (κ3) is 4.35. The van der Waals surface area contributed by atoms with E-state index in [0.717, 1.165) is 37.2 Å². The van der Waals surface area contributed by atoms with Crippen LogP contribution in [0.25, 0.3) is 0 Å². The second kappa shape index (κ2) is 7.66. The maximum absolute atomic E-state index is 12.5. The highest BCUT2D eigenvalue weighted by atomic mass is 35.5. The summed E-state index contributed by atoms with van der Waals surface area (Å²) in [7, 11) is 3.98. The smallest absolute Gasteiger partial charge is 0.253 e. The number of piperidine rings is 1. The van der Waals surface area contributed by atoms with E-state index in [9.17, 15) is 4.79 Å². The summed E-state index contributed by atoms with van der Waals surface area (Å²) in [6.07, 6.45) is 2.01. The summed E-state index contributed by atoms with van der Waals surface area (Å²) in [5, 5.41) is 0. The van der Waals surface area contributed by atoms with E-state index in [4.69, 9.17) is 16.3 Å². The summed E-state index contributed by atoms with van der Waals surface area (Å²) >= 11 is 5.62. The van der Waals surface area contributed by atoms with Gasteiger partial charge in [-0.3, -0.25) is 4.79 Å². The van der Waals surface area contributed by atoms with E-state index < -0.39 is 0 Å². The molecule has 0 saturated carbocycles. The monoisotopic (exact) mass is 310 g/mol. The van der Waals surface area contributed by atoms with E-state index in [1.807, 2.05) is 48.2 Å². The zero-order chi connectivity index (χ0) is 15.2. The van der Waals surface area contributed by atoms with Crippen LogP contribution in [-0.4, -0.2) is 56.6 Å². The number of rotatable bonds is 5. The maximum Gasteiger partial charge on any atom is 0.253 e. The molecular weight excluding hydrogens is 288 g/mol. The molecule has 0 N–H and O–H groups in total. The molecule has 1 amide bonds. The molecule has 4 nitrogen and oxygen atoms in total. The summed E-state index contributed by atoms with van der Waals surface area (Å²) in [5.41, 5.74) is 1.85. The minimum absolute atomic E-state index is 0.107. The number of amides is 1. The second-order valence-electron chi connectivity index (χ2n) is 5.49. The van der Waals surface area contributed by atoms with Crippen molar-refractivity contribution in [3.8, 4) is 0 Å². The molecule has 116 valence electrons. The summed E-state index contributed by atoms with van der Waals surface area (Å²) < 4.78 is 5.63. The van der Waals surface area contributed by atoms with Gasteiger partial charge in [0.25, 0.3) is 5.91 Å². The zero-order valence-corrected chi connectivity index (χ0v) is 13.5. The van der Waals surface area contributed by atoms with Crippen molar-refractivity contribution in [1.82, 2.24) is 4.90 Å². The first kappa shape index (κ1) is 16.1. The molecule has 0 unspecified atom stereocenters. The quantitative estimate of drug-likeness (QED) is 0.784. The largest absolute Gasteiger partial charge is 0.378 e. The first-order chi connectivity index (χ1) is 10.1. The fraction of sp³-hybridized carbons (Fsp3) is 0.562. The van der Waals surface area contributed by atoms with Gasteiger partial charge in [-0.1, -0.05) is 0 Å². The number of hydrogen-bond donors (Lipinski definition) is 0. The van der Waals surface area contributed by atoms with Crippen LogP contribution in [0, 0.1) is 0 Å². The predicted molar refractivity (Wildman–Crippen MR) is 86.4 cm³/mol. The lowest BCUT2D eigenvalue weighted by Gasteiger charge is -2.32. The molecule has 0 radical (unpaired) electrons. The molecule has 1 aliphatic rings. The third-order valence-electron chi connectivity index (χ3n) is 3.79. The number of halogens is 1. The molecule has 1 aromatic carbocycles. The van der Waals surface area contributed by atoms with Gasteiger partial charge in [-0.05, 0) is 37.1 Å². The Labute approximate surface area is 131 Å². The summed E-state index contributed by atoms with van der Waals surface area (Å²) in [4.78, 5) is 16.4. The van der Waals surface area contributed by atoms with Gasteiger partial charge in [-0.25, -0.2) is 0 Å². The van der Waals surface area contributed by atoms with Crippen LogP contribution in [0.3, 0.4) is 0 Å². The second-order valence-corrected chi connectivity index (χ2v) is 5.87. The molecule has 0 spiro atoms. The lowest BCUT2D eigenvalue weighted by molar-refractivity contribution is 0.0154. The van der Waals surface area contributed by atoms with Crippen molar-refractivity contribution in [2.24, 2.45) is 0 Å². The molecule has 5 heteroatoms. The van der Waals surface area contributed by atoms with Crippen molar-refractivity contribution in [2.75, 3.05) is 44.6 Å². The van der Waals surface area contributed by atoms with Gasteiger partial charge in [0.1, 0.15) is 0 Å². The van der Waals surface area contributed by atoms with E-state index in [2.05, 4.69) is 0 Å². The fourth-order valence-corrected chi connectivity index (χ4v) is 2.61. The molecular formula is C16H23ClN2O2. The van der Waals surface area contributed by atoms with E-state index >= 15 is 0 Å². The molecule has 0 bridgehead atoms. The van der Waals surface area contributed by atoms with E-state index in [-0.39, 0.29) is 12.0 Å². The number of carbonyl (C=O) groups is 1. The van der Waals surface area contributed by atoms with Crippen LogP contribution in [0.4, 0.5) is 5.69 Å². The van der Waals surface area contributed by atoms with Gasteiger partial charge >= 0.3 is 0 Å². The number of likely N-dealkylation sites (tertiary alicyclic amines) is 1. The van der Waals surface area contributed by atoms with Gasteiger partial charge < -0.3 is 14.5 Å². The van der Waals surface area contributed by atoms with Crippen molar-refractivity contribution >= 4 is 23.2 Å². The van der Waals surface area contributed by atoms with Gasteiger partial charge in [-0.15, -0.1) is 11.6 Å². The number of nitrogens with zero attached hydrogens (tertiary/aromatic N) is 2. The number of anilines is 1. The average Bonchev–Trinajstić information content (AvgIpc) is 2.53. The van der Waals surface area contributed by atoms with Gasteiger partial charge in [0.15, 0.2) is 0 Å². The van der Waals surface area contributed by atoms with Crippen LogP contribution >= 0.6 is 11.6 Å². The number of benzene rings is 1. The molecule has 21 heavy (non-hydrogen) atoms. The van der Waals surface area contributed by atoms with E-state index in [1.54, 1.807) is 0 Å². The standard InChI is InChI=1S/C16H23ClN2O2/c1-18(2)14-5-3-13(4-6-14)16(20)19-10-7-15(8-11-19)21-12-9-17/h3-6,15H,7-12H2,1-2H3. The minimum Gasteiger partial charge on any atom is -0.378 e. The van der Waals surface area contributed by atoms with Crippen LogP contribution < -0.4 is 4.90 Å². The van der Waals surface area contributed by atoms with Crippen LogP contribution in [0.1, 0.15) is 23.2 Å². The average molecular weight is 311 g/mol. The number of hydrogen-bond acceptors (Lipinski definition) is 3. The summed E-state index contributed by atoms with van der Waals surface area (Å²) in [5.74, 6) is 0.633. The van der Waals surface area contributed by atoms with E-state index in [0.29, 0.717) is 12.5 Å².